The molecule has 1 saturated heterocycles. The number of carbonyl (C=O) groups is 3. The number of nitrogens with zero attached hydrogens (tertiary/aromatic N) is 1. The molecule has 1 aromatic carbocycles. The SMILES string of the molecule is O=C(COc1cccc(N2CCCC2=O)c1)NC1(C(=O)O)CCCCCC1. The Morgan fingerprint density at radius 1 is 1.15 bits per heavy atom. The van der Waals surface area contributed by atoms with Crippen LogP contribution < -0.4 is 15.0 Å². The predicted octanol–water partition coefficient (Wildman–Crippen LogP) is 2.49. The van der Waals surface area contributed by atoms with Crippen LogP contribution in [0.2, 0.25) is 0 Å². The highest BCUT2D eigenvalue weighted by Crippen LogP contribution is 2.28. The lowest BCUT2D eigenvalue weighted by Gasteiger charge is -2.29. The van der Waals surface area contributed by atoms with Gasteiger partial charge in [0.15, 0.2) is 6.61 Å². The summed E-state index contributed by atoms with van der Waals surface area (Å²) in [7, 11) is 0. The highest BCUT2D eigenvalue weighted by Gasteiger charge is 2.40. The lowest BCUT2D eigenvalue weighted by atomic mass is 9.90. The molecule has 3 rings (SSSR count). The van der Waals surface area contributed by atoms with Gasteiger partial charge in [0.2, 0.25) is 5.91 Å². The standard InChI is InChI=1S/C20H26N2O5/c23-17(21-20(19(25)26)10-3-1-2-4-11-20)14-27-16-8-5-7-15(13-16)22-12-6-9-18(22)24/h5,7-8,13H,1-4,6,9-12,14H2,(H,21,23)(H,25,26). The summed E-state index contributed by atoms with van der Waals surface area (Å²) in [5.41, 5.74) is -0.443. The molecule has 0 atom stereocenters. The molecule has 0 unspecified atom stereocenters. The number of carbonyl (C=O) groups excluding carboxylic acids is 2. The van der Waals surface area contributed by atoms with Gasteiger partial charge in [0.25, 0.3) is 5.91 Å². The van der Waals surface area contributed by atoms with Crippen LogP contribution in [0.5, 0.6) is 5.75 Å². The van der Waals surface area contributed by atoms with Crippen molar-refractivity contribution in [1.29, 1.82) is 0 Å². The van der Waals surface area contributed by atoms with E-state index in [1.54, 1.807) is 23.1 Å². The first-order chi connectivity index (χ1) is 13.0. The normalized spacial score (nSPS) is 19.4. The fourth-order valence-corrected chi connectivity index (χ4v) is 3.84. The minimum atomic E-state index is -1.19. The van der Waals surface area contributed by atoms with Crippen molar-refractivity contribution in [2.75, 3.05) is 18.1 Å². The maximum absolute atomic E-state index is 12.3. The van der Waals surface area contributed by atoms with Crippen LogP contribution in [0, 0.1) is 0 Å². The summed E-state index contributed by atoms with van der Waals surface area (Å²) in [6, 6.07) is 7.06. The maximum Gasteiger partial charge on any atom is 0.329 e. The van der Waals surface area contributed by atoms with Gasteiger partial charge in [-0.1, -0.05) is 31.7 Å². The van der Waals surface area contributed by atoms with Gasteiger partial charge >= 0.3 is 5.97 Å². The van der Waals surface area contributed by atoms with E-state index in [0.29, 0.717) is 31.6 Å². The molecule has 1 aliphatic carbocycles. The second-order valence-corrected chi connectivity index (χ2v) is 7.28. The summed E-state index contributed by atoms with van der Waals surface area (Å²) in [6.07, 6.45) is 5.83. The first-order valence-corrected chi connectivity index (χ1v) is 9.58. The van der Waals surface area contributed by atoms with E-state index in [2.05, 4.69) is 5.32 Å². The number of carboxylic acids is 1. The van der Waals surface area contributed by atoms with E-state index in [-0.39, 0.29) is 12.5 Å². The number of hydrogen-bond donors (Lipinski definition) is 2. The minimum absolute atomic E-state index is 0.0849. The van der Waals surface area contributed by atoms with Crippen molar-refractivity contribution in [1.82, 2.24) is 5.32 Å². The highest BCUT2D eigenvalue weighted by atomic mass is 16.5. The average molecular weight is 374 g/mol. The molecule has 0 radical (unpaired) electrons. The van der Waals surface area contributed by atoms with Crippen molar-refractivity contribution in [3.05, 3.63) is 24.3 Å². The molecule has 0 bridgehead atoms. The van der Waals surface area contributed by atoms with Crippen molar-refractivity contribution in [2.24, 2.45) is 0 Å². The molecule has 2 aliphatic rings. The fraction of sp³-hybridized carbons (Fsp3) is 0.550. The van der Waals surface area contributed by atoms with Gasteiger partial charge in [-0.2, -0.15) is 0 Å². The number of amides is 2. The Bertz CT molecular complexity index is 710. The molecule has 27 heavy (non-hydrogen) atoms. The highest BCUT2D eigenvalue weighted by molar-refractivity contribution is 5.95. The summed E-state index contributed by atoms with van der Waals surface area (Å²) in [4.78, 5) is 37.7. The number of anilines is 1. The van der Waals surface area contributed by atoms with E-state index in [1.807, 2.05) is 6.07 Å². The number of benzene rings is 1. The number of aliphatic carboxylic acids is 1. The molecule has 2 N–H and O–H groups in total. The first-order valence-electron chi connectivity index (χ1n) is 9.58. The van der Waals surface area contributed by atoms with Crippen LogP contribution in [0.15, 0.2) is 24.3 Å². The third-order valence-corrected chi connectivity index (χ3v) is 5.32. The molecule has 1 aromatic rings. The van der Waals surface area contributed by atoms with Crippen LogP contribution >= 0.6 is 0 Å². The van der Waals surface area contributed by atoms with Crippen LogP contribution in [-0.2, 0) is 14.4 Å². The first kappa shape index (κ1) is 19.2. The Morgan fingerprint density at radius 2 is 1.89 bits per heavy atom. The van der Waals surface area contributed by atoms with Gasteiger partial charge in [-0.25, -0.2) is 4.79 Å². The monoisotopic (exact) mass is 374 g/mol. The van der Waals surface area contributed by atoms with Crippen molar-refractivity contribution < 1.29 is 24.2 Å². The Hall–Kier alpha value is -2.57. The van der Waals surface area contributed by atoms with Gasteiger partial charge < -0.3 is 20.1 Å². The van der Waals surface area contributed by atoms with Crippen LogP contribution in [-0.4, -0.2) is 41.6 Å². The van der Waals surface area contributed by atoms with Gasteiger partial charge in [0, 0.05) is 24.7 Å². The molecule has 146 valence electrons. The van der Waals surface area contributed by atoms with Gasteiger partial charge in [-0.05, 0) is 31.4 Å². The maximum atomic E-state index is 12.3. The summed E-state index contributed by atoms with van der Waals surface area (Å²) in [6.45, 7) is 0.427. The number of nitrogens with one attached hydrogen (secondary N) is 1. The molecule has 0 aromatic heterocycles. The number of ether oxygens (including phenoxy) is 1. The van der Waals surface area contributed by atoms with Crippen LogP contribution in [0.1, 0.15) is 51.4 Å². The smallest absolute Gasteiger partial charge is 0.329 e. The van der Waals surface area contributed by atoms with Gasteiger partial charge in [0.05, 0.1) is 0 Å². The molecule has 0 spiro atoms. The third-order valence-electron chi connectivity index (χ3n) is 5.32. The van der Waals surface area contributed by atoms with Crippen LogP contribution in [0.3, 0.4) is 0 Å². The molecule has 2 fully saturated rings. The molecule has 1 aliphatic heterocycles. The zero-order chi connectivity index (χ0) is 19.3. The van der Waals surface area contributed by atoms with E-state index in [1.165, 1.54) is 0 Å². The minimum Gasteiger partial charge on any atom is -0.484 e. The third kappa shape index (κ3) is 4.59. The quantitative estimate of drug-likeness (QED) is 0.746. The van der Waals surface area contributed by atoms with Crippen molar-refractivity contribution >= 4 is 23.5 Å². The van der Waals surface area contributed by atoms with Gasteiger partial charge in [-0.15, -0.1) is 0 Å². The fourth-order valence-electron chi connectivity index (χ4n) is 3.84. The van der Waals surface area contributed by atoms with Crippen molar-refractivity contribution in [3.8, 4) is 5.75 Å². The molecule has 7 heteroatoms. The average Bonchev–Trinajstić information content (AvgIpc) is 2.94. The number of hydrogen-bond acceptors (Lipinski definition) is 4. The van der Waals surface area contributed by atoms with E-state index in [0.717, 1.165) is 37.8 Å². The molecular formula is C20H26N2O5. The number of carboxylic acid groups (broad SMARTS) is 1. The van der Waals surface area contributed by atoms with Crippen LogP contribution in [0.25, 0.3) is 0 Å². The molecule has 1 saturated carbocycles. The number of rotatable bonds is 6. The van der Waals surface area contributed by atoms with Crippen molar-refractivity contribution in [2.45, 2.75) is 56.9 Å². The second kappa shape index (κ2) is 8.41. The summed E-state index contributed by atoms with van der Waals surface area (Å²) >= 11 is 0. The topological polar surface area (TPSA) is 95.9 Å². The van der Waals surface area contributed by atoms with E-state index >= 15 is 0 Å². The van der Waals surface area contributed by atoms with E-state index in [9.17, 15) is 19.5 Å². The summed E-state index contributed by atoms with van der Waals surface area (Å²) in [5.74, 6) is -0.858. The van der Waals surface area contributed by atoms with E-state index < -0.39 is 17.4 Å². The summed E-state index contributed by atoms with van der Waals surface area (Å²) < 4.78 is 5.56. The van der Waals surface area contributed by atoms with E-state index in [4.69, 9.17) is 4.74 Å². The zero-order valence-electron chi connectivity index (χ0n) is 15.4. The molecule has 7 nitrogen and oxygen atoms in total. The Labute approximate surface area is 158 Å². The Morgan fingerprint density at radius 3 is 2.52 bits per heavy atom. The lowest BCUT2D eigenvalue weighted by molar-refractivity contribution is -0.148. The summed E-state index contributed by atoms with van der Waals surface area (Å²) in [5, 5.41) is 12.3. The van der Waals surface area contributed by atoms with Crippen LogP contribution in [0.4, 0.5) is 5.69 Å². The molecule has 2 amide bonds. The van der Waals surface area contributed by atoms with Gasteiger partial charge in [0.1, 0.15) is 11.3 Å². The Balaban J connectivity index is 1.60. The second-order valence-electron chi connectivity index (χ2n) is 7.28. The predicted molar refractivity (Wildman–Crippen MR) is 99.7 cm³/mol. The largest absolute Gasteiger partial charge is 0.484 e. The lowest BCUT2D eigenvalue weighted by Crippen LogP contribution is -2.55. The zero-order valence-corrected chi connectivity index (χ0v) is 15.4. The Kier molecular flexibility index (Phi) is 5.98. The van der Waals surface area contributed by atoms with Crippen molar-refractivity contribution in [3.63, 3.8) is 0 Å². The molecular weight excluding hydrogens is 348 g/mol. The van der Waals surface area contributed by atoms with Gasteiger partial charge in [-0.3, -0.25) is 9.59 Å². The molecule has 1 heterocycles.